The number of amides is 1. The van der Waals surface area contributed by atoms with Crippen LogP contribution in [-0.4, -0.2) is 98.3 Å². The van der Waals surface area contributed by atoms with Crippen molar-refractivity contribution in [3.63, 3.8) is 0 Å². The van der Waals surface area contributed by atoms with Gasteiger partial charge in [0.1, 0.15) is 5.82 Å². The second kappa shape index (κ2) is 11.7. The lowest BCUT2D eigenvalue weighted by atomic mass is 10.1. The van der Waals surface area contributed by atoms with Gasteiger partial charge in [-0.25, -0.2) is 4.39 Å². The summed E-state index contributed by atoms with van der Waals surface area (Å²) in [6.07, 6.45) is -0.774. The average Bonchev–Trinajstić information content (AvgIpc) is 2.69. The molecule has 1 saturated heterocycles. The van der Waals surface area contributed by atoms with E-state index in [9.17, 15) is 14.3 Å². The largest absolute Gasteiger partial charge is 0.389 e. The fraction of sp³-hybridized carbons (Fsp3) is 0.682. The minimum Gasteiger partial charge on any atom is -0.389 e. The van der Waals surface area contributed by atoms with Crippen LogP contribution in [0.5, 0.6) is 0 Å². The molecule has 1 heterocycles. The summed E-state index contributed by atoms with van der Waals surface area (Å²) in [7, 11) is 1.58. The summed E-state index contributed by atoms with van der Waals surface area (Å²) in [4.78, 5) is 16.7. The zero-order valence-electron chi connectivity index (χ0n) is 18.5. The van der Waals surface area contributed by atoms with E-state index in [2.05, 4.69) is 4.90 Å². The third-order valence-corrected chi connectivity index (χ3v) is 4.77. The van der Waals surface area contributed by atoms with E-state index in [1.165, 1.54) is 24.3 Å². The number of hydrogen-bond acceptors (Lipinski definition) is 6. The number of halogens is 1. The molecule has 1 aromatic rings. The van der Waals surface area contributed by atoms with Gasteiger partial charge in [0.2, 0.25) is 0 Å². The topological polar surface area (TPSA) is 71.5 Å². The number of benzene rings is 1. The van der Waals surface area contributed by atoms with Crippen molar-refractivity contribution in [1.82, 2.24) is 9.80 Å². The zero-order valence-corrected chi connectivity index (χ0v) is 18.5. The molecule has 1 aliphatic rings. The maximum atomic E-state index is 13.2. The van der Waals surface area contributed by atoms with Gasteiger partial charge in [-0.05, 0) is 45.0 Å². The molecule has 1 aromatic carbocycles. The Kier molecular flexibility index (Phi) is 9.64. The highest BCUT2D eigenvalue weighted by Gasteiger charge is 2.27. The van der Waals surface area contributed by atoms with Crippen LogP contribution >= 0.6 is 0 Å². The van der Waals surface area contributed by atoms with Gasteiger partial charge in [-0.15, -0.1) is 0 Å². The van der Waals surface area contributed by atoms with Crippen molar-refractivity contribution in [3.8, 4) is 0 Å². The van der Waals surface area contributed by atoms with Crippen LogP contribution in [0.4, 0.5) is 4.39 Å². The first kappa shape index (κ1) is 24.7. The number of morpholine rings is 1. The Morgan fingerprint density at radius 2 is 2.07 bits per heavy atom. The van der Waals surface area contributed by atoms with Crippen LogP contribution in [0.2, 0.25) is 0 Å². The molecule has 0 saturated carbocycles. The number of rotatable bonds is 10. The molecule has 1 aliphatic heterocycles. The molecule has 1 fully saturated rings. The van der Waals surface area contributed by atoms with E-state index in [-0.39, 0.29) is 30.0 Å². The average molecular weight is 427 g/mol. The Morgan fingerprint density at radius 1 is 1.37 bits per heavy atom. The van der Waals surface area contributed by atoms with Crippen molar-refractivity contribution in [3.05, 3.63) is 35.6 Å². The Bertz CT molecular complexity index is 650. The second-order valence-corrected chi connectivity index (χ2v) is 8.58. The first-order chi connectivity index (χ1) is 14.2. The molecular weight excluding hydrogens is 391 g/mol. The van der Waals surface area contributed by atoms with Crippen LogP contribution < -0.4 is 0 Å². The van der Waals surface area contributed by atoms with Crippen LogP contribution in [0.15, 0.2) is 24.3 Å². The van der Waals surface area contributed by atoms with Crippen LogP contribution in [0.1, 0.15) is 31.1 Å². The number of methoxy groups -OCH3 is 1. The minimum absolute atomic E-state index is 0.185. The van der Waals surface area contributed by atoms with E-state index in [1.54, 1.807) is 12.0 Å². The molecule has 0 aliphatic carbocycles. The highest BCUT2D eigenvalue weighted by molar-refractivity contribution is 5.94. The smallest absolute Gasteiger partial charge is 0.254 e. The van der Waals surface area contributed by atoms with Gasteiger partial charge < -0.3 is 24.2 Å². The van der Waals surface area contributed by atoms with Crippen molar-refractivity contribution < 1.29 is 28.5 Å². The number of carbonyl (C=O) groups is 1. The maximum absolute atomic E-state index is 13.2. The summed E-state index contributed by atoms with van der Waals surface area (Å²) < 4.78 is 29.9. The Balaban J connectivity index is 1.93. The molecular formula is C22H35FN2O5. The summed E-state index contributed by atoms with van der Waals surface area (Å²) >= 11 is 0. The number of carbonyl (C=O) groups excluding carboxylic acids is 1. The summed E-state index contributed by atoms with van der Waals surface area (Å²) in [5, 5.41) is 10.3. The number of hydrogen-bond donors (Lipinski definition) is 1. The van der Waals surface area contributed by atoms with E-state index in [1.807, 2.05) is 20.8 Å². The molecule has 0 spiro atoms. The third kappa shape index (κ3) is 8.65. The molecule has 0 aromatic heterocycles. The molecule has 2 rings (SSSR count). The molecule has 170 valence electrons. The number of aliphatic hydroxyl groups is 1. The summed E-state index contributed by atoms with van der Waals surface area (Å²) in [5.41, 5.74) is 0.131. The third-order valence-electron chi connectivity index (χ3n) is 4.77. The fourth-order valence-electron chi connectivity index (χ4n) is 3.25. The lowest BCUT2D eigenvalue weighted by molar-refractivity contribution is -0.0784. The SMILES string of the molecule is COCCN(C[C@@H]1CN(C[C@@H](O)COC(C)(C)C)CCO1)C(=O)c1ccc(F)cc1. The summed E-state index contributed by atoms with van der Waals surface area (Å²) in [6.45, 7) is 9.67. The Labute approximate surface area is 178 Å². The van der Waals surface area contributed by atoms with Gasteiger partial charge in [0, 0.05) is 45.4 Å². The number of ether oxygens (including phenoxy) is 3. The number of nitrogens with zero attached hydrogens (tertiary/aromatic N) is 2. The molecule has 8 heteroatoms. The molecule has 0 unspecified atom stereocenters. The monoisotopic (exact) mass is 426 g/mol. The van der Waals surface area contributed by atoms with Crippen molar-refractivity contribution >= 4 is 5.91 Å². The van der Waals surface area contributed by atoms with E-state index in [4.69, 9.17) is 14.2 Å². The Hall–Kier alpha value is -1.58. The van der Waals surface area contributed by atoms with Crippen LogP contribution in [0.3, 0.4) is 0 Å². The summed E-state index contributed by atoms with van der Waals surface area (Å²) in [6, 6.07) is 5.53. The molecule has 7 nitrogen and oxygen atoms in total. The van der Waals surface area contributed by atoms with Gasteiger partial charge in [0.25, 0.3) is 5.91 Å². The van der Waals surface area contributed by atoms with Crippen LogP contribution in [0.25, 0.3) is 0 Å². The van der Waals surface area contributed by atoms with Gasteiger partial charge in [0.05, 0.1) is 37.6 Å². The minimum atomic E-state index is -0.589. The molecule has 2 atom stereocenters. The maximum Gasteiger partial charge on any atom is 0.254 e. The van der Waals surface area contributed by atoms with Gasteiger partial charge in [-0.1, -0.05) is 0 Å². The first-order valence-electron chi connectivity index (χ1n) is 10.4. The van der Waals surface area contributed by atoms with Crippen molar-refractivity contribution in [1.29, 1.82) is 0 Å². The van der Waals surface area contributed by atoms with E-state index >= 15 is 0 Å². The normalized spacial score (nSPS) is 18.9. The standard InChI is InChI=1S/C22H35FN2O5/c1-22(2,3)30-16-19(26)13-24-9-12-29-20(14-24)15-25(10-11-28-4)21(27)17-5-7-18(23)8-6-17/h5-8,19-20,26H,9-16H2,1-4H3/t19-,20+/m1/s1. The van der Waals surface area contributed by atoms with Crippen LogP contribution in [-0.2, 0) is 14.2 Å². The van der Waals surface area contributed by atoms with Gasteiger partial charge in [-0.3, -0.25) is 9.69 Å². The van der Waals surface area contributed by atoms with Gasteiger partial charge in [-0.2, -0.15) is 0 Å². The van der Waals surface area contributed by atoms with Crippen molar-refractivity contribution in [2.24, 2.45) is 0 Å². The molecule has 0 bridgehead atoms. The second-order valence-electron chi connectivity index (χ2n) is 8.58. The Morgan fingerprint density at radius 3 is 2.70 bits per heavy atom. The van der Waals surface area contributed by atoms with Crippen LogP contribution in [0, 0.1) is 5.82 Å². The molecule has 30 heavy (non-hydrogen) atoms. The van der Waals surface area contributed by atoms with Crippen molar-refractivity contribution in [2.75, 3.05) is 59.7 Å². The number of β-amino-alcohol motifs (C(OH)–C–C–N with tert-alkyl or cyclic N) is 1. The van der Waals surface area contributed by atoms with Gasteiger partial charge >= 0.3 is 0 Å². The van der Waals surface area contributed by atoms with E-state index < -0.39 is 6.10 Å². The lowest BCUT2D eigenvalue weighted by Crippen LogP contribution is -2.51. The highest BCUT2D eigenvalue weighted by Crippen LogP contribution is 2.13. The predicted molar refractivity (Wildman–Crippen MR) is 112 cm³/mol. The number of aliphatic hydroxyl groups excluding tert-OH is 1. The zero-order chi connectivity index (χ0) is 22.1. The van der Waals surface area contributed by atoms with E-state index in [0.717, 1.165) is 0 Å². The summed E-state index contributed by atoms with van der Waals surface area (Å²) in [5.74, 6) is -0.568. The lowest BCUT2D eigenvalue weighted by Gasteiger charge is -2.36. The highest BCUT2D eigenvalue weighted by atomic mass is 19.1. The molecule has 0 radical (unpaired) electrons. The van der Waals surface area contributed by atoms with E-state index in [0.29, 0.717) is 51.5 Å². The first-order valence-corrected chi connectivity index (χ1v) is 10.4. The van der Waals surface area contributed by atoms with Gasteiger partial charge in [0.15, 0.2) is 0 Å². The molecule has 1 N–H and O–H groups in total. The predicted octanol–water partition coefficient (Wildman–Crippen LogP) is 1.79. The van der Waals surface area contributed by atoms with Crippen molar-refractivity contribution in [2.45, 2.75) is 38.6 Å². The quantitative estimate of drug-likeness (QED) is 0.615. The fourth-order valence-corrected chi connectivity index (χ4v) is 3.25. The molecule has 1 amide bonds.